The van der Waals surface area contributed by atoms with Gasteiger partial charge in [-0.1, -0.05) is 36.4 Å². The van der Waals surface area contributed by atoms with Crippen LogP contribution in [0.4, 0.5) is 0 Å². The molecule has 0 bridgehead atoms. The van der Waals surface area contributed by atoms with Gasteiger partial charge in [-0.2, -0.15) is 0 Å². The quantitative estimate of drug-likeness (QED) is 0.337. The highest BCUT2D eigenvalue weighted by Crippen LogP contribution is 2.26. The van der Waals surface area contributed by atoms with Gasteiger partial charge in [0.25, 0.3) is 0 Å². The smallest absolute Gasteiger partial charge is 0.215 e. The van der Waals surface area contributed by atoms with E-state index in [1.807, 2.05) is 24.3 Å². The lowest BCUT2D eigenvalue weighted by Gasteiger charge is -2.09. The minimum absolute atomic E-state index is 0.0284. The van der Waals surface area contributed by atoms with Gasteiger partial charge in [0.1, 0.15) is 0 Å². The number of nitrogens with one attached hydrogen (secondary N) is 2. The van der Waals surface area contributed by atoms with Crippen molar-refractivity contribution in [2.45, 2.75) is 11.5 Å². The minimum atomic E-state index is -3.54. The molecule has 0 amide bonds. The molecule has 0 aromatic heterocycles. The van der Waals surface area contributed by atoms with Crippen LogP contribution in [0.1, 0.15) is 11.1 Å². The van der Waals surface area contributed by atoms with E-state index in [2.05, 4.69) is 9.44 Å². The Bertz CT molecular complexity index is 1160. The minimum Gasteiger partial charge on any atom is -0.395 e. The molecular weight excluding hydrogens is 428 g/mol. The molecule has 3 rings (SSSR count). The van der Waals surface area contributed by atoms with Crippen molar-refractivity contribution in [2.75, 3.05) is 26.3 Å². The summed E-state index contributed by atoms with van der Waals surface area (Å²) in [4.78, 5) is 0. The van der Waals surface area contributed by atoms with Crippen LogP contribution in [0.5, 0.6) is 0 Å². The zero-order valence-electron chi connectivity index (χ0n) is 16.2. The van der Waals surface area contributed by atoms with E-state index in [1.54, 1.807) is 24.3 Å². The fourth-order valence-electron chi connectivity index (χ4n) is 3.22. The fourth-order valence-corrected chi connectivity index (χ4v) is 5.46. The van der Waals surface area contributed by atoms with E-state index in [0.29, 0.717) is 11.1 Å². The first-order valence-corrected chi connectivity index (χ1v) is 12.6. The third-order valence-electron chi connectivity index (χ3n) is 4.51. The zero-order valence-corrected chi connectivity index (χ0v) is 17.8. The summed E-state index contributed by atoms with van der Waals surface area (Å²) in [6.07, 6.45) is 0. The lowest BCUT2D eigenvalue weighted by molar-refractivity contribution is 0.300. The van der Waals surface area contributed by atoms with E-state index in [1.165, 1.54) is 0 Å². The summed E-state index contributed by atoms with van der Waals surface area (Å²) in [6, 6.07) is 14.7. The van der Waals surface area contributed by atoms with E-state index in [0.717, 1.165) is 21.5 Å². The summed E-state index contributed by atoms with van der Waals surface area (Å²) >= 11 is 0. The largest absolute Gasteiger partial charge is 0.395 e. The molecular formula is C20H24N2O6S2. The third kappa shape index (κ3) is 5.97. The van der Waals surface area contributed by atoms with Gasteiger partial charge in [0.2, 0.25) is 20.0 Å². The topological polar surface area (TPSA) is 133 Å². The molecule has 0 fully saturated rings. The second-order valence-electron chi connectivity index (χ2n) is 6.97. The molecule has 0 saturated carbocycles. The Kier molecular flexibility index (Phi) is 7.06. The van der Waals surface area contributed by atoms with Gasteiger partial charge in [0, 0.05) is 13.1 Å². The van der Waals surface area contributed by atoms with Gasteiger partial charge >= 0.3 is 0 Å². The van der Waals surface area contributed by atoms with Gasteiger partial charge in [-0.05, 0) is 44.8 Å². The number of fused-ring (bicyclic) bond motifs is 2. The number of benzene rings is 3. The van der Waals surface area contributed by atoms with Crippen LogP contribution in [0, 0.1) is 0 Å². The van der Waals surface area contributed by atoms with Crippen LogP contribution in [-0.4, -0.2) is 53.4 Å². The van der Waals surface area contributed by atoms with Crippen molar-refractivity contribution in [1.82, 2.24) is 9.44 Å². The standard InChI is InChI=1S/C20H24N2O6S2/c23-7-5-21-29(25,26)13-15-1-3-17-11-18-4-2-16(10-20(18)12-19(17)9-15)14-30(27,28)22-6-8-24/h1-4,9-12,21-24H,5-8,13-14H2. The van der Waals surface area contributed by atoms with Crippen LogP contribution in [0.3, 0.4) is 0 Å². The lowest BCUT2D eigenvalue weighted by atomic mass is 10.0. The van der Waals surface area contributed by atoms with Gasteiger partial charge in [0.15, 0.2) is 0 Å². The molecule has 0 radical (unpaired) electrons. The van der Waals surface area contributed by atoms with Crippen molar-refractivity contribution in [1.29, 1.82) is 0 Å². The highest BCUT2D eigenvalue weighted by Gasteiger charge is 2.13. The molecule has 3 aromatic rings. The molecule has 0 spiro atoms. The van der Waals surface area contributed by atoms with Crippen LogP contribution in [0.15, 0.2) is 48.5 Å². The van der Waals surface area contributed by atoms with Gasteiger partial charge < -0.3 is 10.2 Å². The van der Waals surface area contributed by atoms with E-state index < -0.39 is 20.0 Å². The molecule has 0 aliphatic heterocycles. The molecule has 8 nitrogen and oxygen atoms in total. The highest BCUT2D eigenvalue weighted by atomic mass is 32.2. The first-order valence-electron chi connectivity index (χ1n) is 9.33. The van der Waals surface area contributed by atoms with Gasteiger partial charge in [-0.3, -0.25) is 0 Å². The lowest BCUT2D eigenvalue weighted by Crippen LogP contribution is -2.27. The molecule has 162 valence electrons. The number of aliphatic hydroxyl groups excluding tert-OH is 2. The fraction of sp³-hybridized carbons (Fsp3) is 0.300. The third-order valence-corrected chi connectivity index (χ3v) is 7.22. The van der Waals surface area contributed by atoms with Crippen molar-refractivity contribution < 1.29 is 27.0 Å². The molecule has 0 aliphatic rings. The van der Waals surface area contributed by atoms with Crippen molar-refractivity contribution in [3.63, 3.8) is 0 Å². The zero-order chi connectivity index (χ0) is 21.8. The van der Waals surface area contributed by atoms with Crippen LogP contribution in [-0.2, 0) is 31.6 Å². The Morgan fingerprint density at radius 1 is 0.600 bits per heavy atom. The summed E-state index contributed by atoms with van der Waals surface area (Å²) in [6.45, 7) is -0.591. The van der Waals surface area contributed by atoms with E-state index in [-0.39, 0.29) is 37.8 Å². The van der Waals surface area contributed by atoms with Crippen molar-refractivity contribution in [3.8, 4) is 0 Å². The summed E-state index contributed by atoms with van der Waals surface area (Å²) in [5.41, 5.74) is 1.22. The van der Waals surface area contributed by atoms with Crippen LogP contribution in [0.2, 0.25) is 0 Å². The normalized spacial score (nSPS) is 12.6. The second-order valence-corrected chi connectivity index (χ2v) is 10.6. The van der Waals surface area contributed by atoms with Crippen molar-refractivity contribution in [2.24, 2.45) is 0 Å². The average Bonchev–Trinajstić information content (AvgIpc) is 2.68. The molecule has 0 unspecified atom stereocenters. The number of hydrogen-bond acceptors (Lipinski definition) is 6. The second kappa shape index (κ2) is 9.38. The molecule has 30 heavy (non-hydrogen) atoms. The maximum atomic E-state index is 12.1. The molecule has 0 saturated heterocycles. The first kappa shape index (κ1) is 22.6. The number of aliphatic hydroxyl groups is 2. The summed E-state index contributed by atoms with van der Waals surface area (Å²) in [5, 5.41) is 21.2. The van der Waals surface area contributed by atoms with E-state index in [4.69, 9.17) is 10.2 Å². The SMILES string of the molecule is O=S(=O)(Cc1ccc2cc3ccc(CS(=O)(=O)NCCO)cc3cc2c1)NCCO. The highest BCUT2D eigenvalue weighted by molar-refractivity contribution is 7.88. The molecule has 0 heterocycles. The van der Waals surface area contributed by atoms with Gasteiger partial charge in [0.05, 0.1) is 24.7 Å². The molecule has 0 aliphatic carbocycles. The van der Waals surface area contributed by atoms with Gasteiger partial charge in [-0.15, -0.1) is 0 Å². The van der Waals surface area contributed by atoms with Crippen molar-refractivity contribution >= 4 is 41.6 Å². The molecule has 3 aromatic carbocycles. The van der Waals surface area contributed by atoms with Crippen molar-refractivity contribution in [3.05, 3.63) is 59.7 Å². The molecule has 0 atom stereocenters. The predicted octanol–water partition coefficient (Wildman–Crippen LogP) is 0.816. The van der Waals surface area contributed by atoms with Gasteiger partial charge in [-0.25, -0.2) is 26.3 Å². The number of sulfonamides is 2. The first-order chi connectivity index (χ1) is 14.2. The maximum absolute atomic E-state index is 12.1. The maximum Gasteiger partial charge on any atom is 0.215 e. The van der Waals surface area contributed by atoms with Crippen LogP contribution < -0.4 is 9.44 Å². The number of hydrogen-bond donors (Lipinski definition) is 4. The Hall–Kier alpha value is -2.08. The Morgan fingerprint density at radius 2 is 1.00 bits per heavy atom. The van der Waals surface area contributed by atoms with Crippen LogP contribution in [0.25, 0.3) is 21.5 Å². The summed E-state index contributed by atoms with van der Waals surface area (Å²) < 4.78 is 52.9. The average molecular weight is 453 g/mol. The Balaban J connectivity index is 1.90. The predicted molar refractivity (Wildman–Crippen MR) is 117 cm³/mol. The Labute approximate surface area is 175 Å². The Morgan fingerprint density at radius 3 is 1.40 bits per heavy atom. The van der Waals surface area contributed by atoms with E-state index in [9.17, 15) is 16.8 Å². The molecule has 4 N–H and O–H groups in total. The van der Waals surface area contributed by atoms with Crippen LogP contribution >= 0.6 is 0 Å². The number of rotatable bonds is 10. The molecule has 10 heteroatoms. The summed E-state index contributed by atoms with van der Waals surface area (Å²) in [5.74, 6) is -0.397. The van der Waals surface area contributed by atoms with E-state index >= 15 is 0 Å². The monoisotopic (exact) mass is 452 g/mol. The summed E-state index contributed by atoms with van der Waals surface area (Å²) in [7, 11) is -7.09.